The van der Waals surface area contributed by atoms with Crippen LogP contribution in [0.2, 0.25) is 0 Å². The molecule has 0 aromatic heterocycles. The number of hydrogen-bond donors (Lipinski definition) is 0. The first kappa shape index (κ1) is 24.6. The molecule has 0 N–H and O–H groups in total. The van der Waals surface area contributed by atoms with Crippen LogP contribution in [-0.4, -0.2) is 23.6 Å². The van der Waals surface area contributed by atoms with Gasteiger partial charge in [0.1, 0.15) is 11.7 Å². The summed E-state index contributed by atoms with van der Waals surface area (Å²) in [6.07, 6.45) is -0.620. The van der Waals surface area contributed by atoms with Crippen LogP contribution in [0.3, 0.4) is 0 Å². The molecule has 0 aliphatic rings. The van der Waals surface area contributed by atoms with Gasteiger partial charge in [0.2, 0.25) is 0 Å². The normalized spacial score (nSPS) is 12.9. The van der Waals surface area contributed by atoms with Gasteiger partial charge in [-0.25, -0.2) is 0 Å². The van der Waals surface area contributed by atoms with Gasteiger partial charge in [-0.15, -0.1) is 0 Å². The molecule has 32 heavy (non-hydrogen) atoms. The van der Waals surface area contributed by atoms with Crippen molar-refractivity contribution in [1.82, 2.24) is 0 Å². The van der Waals surface area contributed by atoms with Crippen molar-refractivity contribution >= 4 is 11.9 Å². The molecule has 0 radical (unpaired) electrons. The van der Waals surface area contributed by atoms with Crippen LogP contribution in [0, 0.1) is 28.6 Å². The van der Waals surface area contributed by atoms with Crippen molar-refractivity contribution in [2.45, 2.75) is 58.7 Å². The summed E-state index contributed by atoms with van der Waals surface area (Å²) in [5.41, 5.74) is 2.18. The largest absolute Gasteiger partial charge is 0.461 e. The average Bonchev–Trinajstić information content (AvgIpc) is 2.73. The van der Waals surface area contributed by atoms with E-state index < -0.39 is 29.6 Å². The number of nitriles is 2. The van der Waals surface area contributed by atoms with Gasteiger partial charge in [-0.3, -0.25) is 9.59 Å². The molecule has 0 saturated carbocycles. The van der Waals surface area contributed by atoms with Crippen molar-refractivity contribution in [3.8, 4) is 12.1 Å². The highest BCUT2D eigenvalue weighted by atomic mass is 16.6. The van der Waals surface area contributed by atoms with Gasteiger partial charge in [0.25, 0.3) is 0 Å². The molecule has 0 spiro atoms. The van der Waals surface area contributed by atoms with Crippen molar-refractivity contribution in [2.24, 2.45) is 5.92 Å². The maximum Gasteiger partial charge on any atom is 0.309 e. The minimum Gasteiger partial charge on any atom is -0.461 e. The third-order valence-corrected chi connectivity index (χ3v) is 4.86. The Kier molecular flexibility index (Phi) is 8.15. The second-order valence-electron chi connectivity index (χ2n) is 8.78. The van der Waals surface area contributed by atoms with Crippen LogP contribution in [-0.2, 0) is 19.1 Å². The highest BCUT2D eigenvalue weighted by Crippen LogP contribution is 2.31. The molecule has 0 aliphatic heterocycles. The highest BCUT2D eigenvalue weighted by molar-refractivity contribution is 5.80. The Labute approximate surface area is 189 Å². The molecule has 2 aromatic rings. The molecule has 0 fully saturated rings. The van der Waals surface area contributed by atoms with E-state index in [0.717, 1.165) is 11.1 Å². The van der Waals surface area contributed by atoms with E-state index in [-0.39, 0.29) is 12.3 Å². The first-order valence-electron chi connectivity index (χ1n) is 10.5. The Morgan fingerprint density at radius 2 is 1.31 bits per heavy atom. The van der Waals surface area contributed by atoms with E-state index in [0.29, 0.717) is 11.1 Å². The van der Waals surface area contributed by atoms with Gasteiger partial charge in [-0.05, 0) is 63.1 Å². The summed E-state index contributed by atoms with van der Waals surface area (Å²) in [6, 6.07) is 18.4. The number of ether oxygens (including phenoxy) is 2. The summed E-state index contributed by atoms with van der Waals surface area (Å²) < 4.78 is 11.0. The molecule has 2 aromatic carbocycles. The Bertz CT molecular complexity index is 964. The fraction of sp³-hybridized carbons (Fsp3) is 0.385. The van der Waals surface area contributed by atoms with Crippen LogP contribution in [0.5, 0.6) is 0 Å². The molecule has 0 saturated heterocycles. The van der Waals surface area contributed by atoms with Gasteiger partial charge in [0, 0.05) is 5.92 Å². The van der Waals surface area contributed by atoms with E-state index in [1.165, 1.54) is 0 Å². The molecule has 0 bridgehead atoms. The van der Waals surface area contributed by atoms with Crippen LogP contribution in [0.4, 0.5) is 0 Å². The quantitative estimate of drug-likeness (QED) is 0.579. The molecule has 6 nitrogen and oxygen atoms in total. The predicted molar refractivity (Wildman–Crippen MR) is 119 cm³/mol. The van der Waals surface area contributed by atoms with Crippen molar-refractivity contribution in [2.75, 3.05) is 0 Å². The molecule has 0 aliphatic carbocycles. The fourth-order valence-corrected chi connectivity index (χ4v) is 3.35. The molecule has 2 rings (SSSR count). The van der Waals surface area contributed by atoms with E-state index in [1.807, 2.05) is 24.3 Å². The van der Waals surface area contributed by atoms with Crippen LogP contribution >= 0.6 is 0 Å². The van der Waals surface area contributed by atoms with Gasteiger partial charge in [0.05, 0.1) is 35.6 Å². The summed E-state index contributed by atoms with van der Waals surface area (Å²) >= 11 is 0. The van der Waals surface area contributed by atoms with Gasteiger partial charge in [-0.1, -0.05) is 31.2 Å². The first-order valence-corrected chi connectivity index (χ1v) is 10.5. The van der Waals surface area contributed by atoms with Crippen LogP contribution in [0.25, 0.3) is 0 Å². The Morgan fingerprint density at radius 1 is 0.875 bits per heavy atom. The topological polar surface area (TPSA) is 100 Å². The van der Waals surface area contributed by atoms with Gasteiger partial charge >= 0.3 is 11.9 Å². The lowest BCUT2D eigenvalue weighted by Crippen LogP contribution is -2.30. The van der Waals surface area contributed by atoms with E-state index in [4.69, 9.17) is 20.0 Å². The lowest BCUT2D eigenvalue weighted by molar-refractivity contribution is -0.163. The standard InChI is InChI=1S/C26H28N2O4/c1-17(14-23(29)32-26(3,4)5)25(30)31-18(2)24(21-10-6-19(15-27)7-11-21)22-12-8-20(16-28)9-13-22/h6-13,17-18,24H,14H2,1-5H3/t17-,18+/m1/s1. The number of benzene rings is 2. The number of carbonyl (C=O) groups excluding carboxylic acids is 2. The summed E-state index contributed by atoms with van der Waals surface area (Å²) in [5.74, 6) is -1.91. The summed E-state index contributed by atoms with van der Waals surface area (Å²) in [5, 5.41) is 18.2. The Balaban J connectivity index is 2.22. The molecule has 166 valence electrons. The molecule has 0 unspecified atom stereocenters. The maximum atomic E-state index is 12.7. The van der Waals surface area contributed by atoms with Crippen molar-refractivity contribution in [3.63, 3.8) is 0 Å². The fourth-order valence-electron chi connectivity index (χ4n) is 3.35. The summed E-state index contributed by atoms with van der Waals surface area (Å²) in [6.45, 7) is 8.75. The minimum atomic E-state index is -0.658. The molecular formula is C26H28N2O4. The van der Waals surface area contributed by atoms with Crippen molar-refractivity contribution in [3.05, 3.63) is 70.8 Å². The van der Waals surface area contributed by atoms with E-state index >= 15 is 0 Å². The van der Waals surface area contributed by atoms with E-state index in [9.17, 15) is 9.59 Å². The lowest BCUT2D eigenvalue weighted by Gasteiger charge is -2.27. The van der Waals surface area contributed by atoms with Gasteiger partial charge < -0.3 is 9.47 Å². The van der Waals surface area contributed by atoms with Crippen LogP contribution in [0.15, 0.2) is 48.5 Å². The Hall–Kier alpha value is -3.64. The molecule has 2 atom stereocenters. The van der Waals surface area contributed by atoms with Crippen LogP contribution < -0.4 is 0 Å². The minimum absolute atomic E-state index is 0.0682. The smallest absolute Gasteiger partial charge is 0.309 e. The molecular weight excluding hydrogens is 404 g/mol. The second-order valence-corrected chi connectivity index (χ2v) is 8.78. The Morgan fingerprint density at radius 3 is 1.69 bits per heavy atom. The summed E-state index contributed by atoms with van der Waals surface area (Å²) in [7, 11) is 0. The number of hydrogen-bond acceptors (Lipinski definition) is 6. The summed E-state index contributed by atoms with van der Waals surface area (Å²) in [4.78, 5) is 24.8. The van der Waals surface area contributed by atoms with Gasteiger partial charge in [-0.2, -0.15) is 10.5 Å². The lowest BCUT2D eigenvalue weighted by atomic mass is 9.86. The highest BCUT2D eigenvalue weighted by Gasteiger charge is 2.29. The zero-order valence-electron chi connectivity index (χ0n) is 19.1. The first-order chi connectivity index (χ1) is 15.0. The third kappa shape index (κ3) is 6.96. The maximum absolute atomic E-state index is 12.7. The zero-order valence-corrected chi connectivity index (χ0v) is 19.1. The number of esters is 2. The van der Waals surface area contributed by atoms with Crippen LogP contribution in [0.1, 0.15) is 69.2 Å². The number of rotatable bonds is 7. The average molecular weight is 433 g/mol. The van der Waals surface area contributed by atoms with E-state index in [2.05, 4.69) is 12.1 Å². The van der Waals surface area contributed by atoms with Gasteiger partial charge in [0.15, 0.2) is 0 Å². The molecule has 0 amide bonds. The van der Waals surface area contributed by atoms with Crippen molar-refractivity contribution in [1.29, 1.82) is 10.5 Å². The second kappa shape index (κ2) is 10.6. The monoisotopic (exact) mass is 432 g/mol. The SMILES string of the molecule is C[C@H](CC(=O)OC(C)(C)C)C(=O)O[C@@H](C)C(c1ccc(C#N)cc1)c1ccc(C#N)cc1. The van der Waals surface area contributed by atoms with E-state index in [1.54, 1.807) is 58.9 Å². The number of carbonyl (C=O) groups is 2. The predicted octanol–water partition coefficient (Wildman–Crippen LogP) is 4.86. The zero-order chi connectivity index (χ0) is 23.9. The third-order valence-electron chi connectivity index (χ3n) is 4.86. The molecule has 6 heteroatoms. The number of nitrogens with zero attached hydrogens (tertiary/aromatic N) is 2. The van der Waals surface area contributed by atoms with Crippen molar-refractivity contribution < 1.29 is 19.1 Å². The molecule has 0 heterocycles.